The zero-order valence-corrected chi connectivity index (χ0v) is 15.6. The van der Waals surface area contributed by atoms with E-state index in [9.17, 15) is 9.18 Å². The number of carbonyl (C=O) groups is 1. The first-order chi connectivity index (χ1) is 11.6. The van der Waals surface area contributed by atoms with Crippen LogP contribution >= 0.6 is 12.4 Å². The van der Waals surface area contributed by atoms with E-state index >= 15 is 0 Å². The minimum Gasteiger partial charge on any atom is -0.328 e. The molecule has 1 aliphatic carbocycles. The molecule has 2 aliphatic rings. The molecule has 0 aromatic heterocycles. The van der Waals surface area contributed by atoms with Crippen LogP contribution in [0.1, 0.15) is 55.3 Å². The van der Waals surface area contributed by atoms with Crippen molar-refractivity contribution in [3.05, 3.63) is 35.6 Å². The van der Waals surface area contributed by atoms with E-state index in [4.69, 9.17) is 5.73 Å². The maximum absolute atomic E-state index is 13.0. The Labute approximate surface area is 156 Å². The molecule has 0 bridgehead atoms. The lowest BCUT2D eigenvalue weighted by molar-refractivity contribution is 0.0833. The number of halogens is 2. The molecule has 1 heterocycles. The number of piperidine rings is 1. The van der Waals surface area contributed by atoms with E-state index in [0.29, 0.717) is 11.6 Å². The number of ketones is 1. The minimum atomic E-state index is -0.287. The van der Waals surface area contributed by atoms with E-state index < -0.39 is 0 Å². The predicted octanol–water partition coefficient (Wildman–Crippen LogP) is 4.05. The molecule has 0 amide bonds. The lowest BCUT2D eigenvalue weighted by atomic mass is 9.84. The molecule has 1 saturated heterocycles. The molecule has 0 atom stereocenters. The van der Waals surface area contributed by atoms with E-state index in [2.05, 4.69) is 4.90 Å². The first-order valence-electron chi connectivity index (χ1n) is 9.39. The fourth-order valence-electron chi connectivity index (χ4n) is 4.11. The molecule has 2 N–H and O–H groups in total. The van der Waals surface area contributed by atoms with Crippen molar-refractivity contribution >= 4 is 18.2 Å². The Morgan fingerprint density at radius 3 is 2.24 bits per heavy atom. The van der Waals surface area contributed by atoms with Crippen LogP contribution in [0.15, 0.2) is 24.3 Å². The van der Waals surface area contributed by atoms with Crippen molar-refractivity contribution in [3.63, 3.8) is 0 Å². The van der Waals surface area contributed by atoms with E-state index in [1.807, 2.05) is 0 Å². The lowest BCUT2D eigenvalue weighted by Gasteiger charge is -2.33. The molecule has 0 radical (unpaired) electrons. The second-order valence-corrected chi connectivity index (χ2v) is 7.56. The number of hydrogen-bond acceptors (Lipinski definition) is 3. The number of nitrogens with two attached hydrogens (primary N) is 1. The first kappa shape index (κ1) is 20.3. The molecule has 1 aliphatic heterocycles. The summed E-state index contributed by atoms with van der Waals surface area (Å²) in [6.45, 7) is 3.16. The molecule has 3 rings (SSSR count). The topological polar surface area (TPSA) is 46.3 Å². The molecule has 3 nitrogen and oxygen atoms in total. The van der Waals surface area contributed by atoms with Gasteiger partial charge in [-0.2, -0.15) is 0 Å². The number of nitrogens with zero attached hydrogens (tertiary/aromatic N) is 1. The van der Waals surface area contributed by atoms with Crippen LogP contribution in [-0.4, -0.2) is 36.4 Å². The summed E-state index contributed by atoms with van der Waals surface area (Å²) >= 11 is 0. The maximum atomic E-state index is 13.0. The molecule has 5 heteroatoms. The smallest absolute Gasteiger partial charge is 0.166 e. The molecule has 1 saturated carbocycles. The zero-order valence-electron chi connectivity index (χ0n) is 14.8. The van der Waals surface area contributed by atoms with Crippen molar-refractivity contribution in [1.29, 1.82) is 0 Å². The van der Waals surface area contributed by atoms with Gasteiger partial charge in [-0.25, -0.2) is 4.39 Å². The Bertz CT molecular complexity index is 535. The van der Waals surface area contributed by atoms with Gasteiger partial charge in [0, 0.05) is 17.5 Å². The number of Topliss-reactive ketones (excluding diaryl/α,β-unsaturated/α-hetero) is 1. The molecule has 140 valence electrons. The van der Waals surface area contributed by atoms with Crippen LogP contribution in [-0.2, 0) is 0 Å². The molecule has 1 aromatic carbocycles. The van der Waals surface area contributed by atoms with Gasteiger partial charge in [-0.3, -0.25) is 4.79 Å². The van der Waals surface area contributed by atoms with Gasteiger partial charge in [0.2, 0.25) is 0 Å². The van der Waals surface area contributed by atoms with Gasteiger partial charge >= 0.3 is 0 Å². The van der Waals surface area contributed by atoms with Gasteiger partial charge in [-0.15, -0.1) is 12.4 Å². The third-order valence-corrected chi connectivity index (χ3v) is 5.83. The predicted molar refractivity (Wildman–Crippen MR) is 102 cm³/mol. The van der Waals surface area contributed by atoms with E-state index in [1.54, 1.807) is 12.1 Å². The summed E-state index contributed by atoms with van der Waals surface area (Å²) in [6.07, 6.45) is 8.03. The Balaban J connectivity index is 0.00000225. The fourth-order valence-corrected chi connectivity index (χ4v) is 4.11. The van der Waals surface area contributed by atoms with E-state index in [0.717, 1.165) is 38.4 Å². The molecule has 0 spiro atoms. The van der Waals surface area contributed by atoms with Gasteiger partial charge in [-0.05, 0) is 94.8 Å². The number of hydrogen-bond donors (Lipinski definition) is 1. The van der Waals surface area contributed by atoms with Crippen LogP contribution in [0.2, 0.25) is 0 Å². The molecule has 1 aromatic rings. The Hall–Kier alpha value is -0.970. The highest BCUT2D eigenvalue weighted by atomic mass is 35.5. The van der Waals surface area contributed by atoms with Crippen molar-refractivity contribution in [2.75, 3.05) is 19.6 Å². The quantitative estimate of drug-likeness (QED) is 0.797. The summed E-state index contributed by atoms with van der Waals surface area (Å²) in [5.74, 6) is 0.823. The van der Waals surface area contributed by atoms with Gasteiger partial charge in [-0.1, -0.05) is 0 Å². The van der Waals surface area contributed by atoms with Gasteiger partial charge in [0.05, 0.1) is 0 Å². The van der Waals surface area contributed by atoms with Crippen LogP contribution in [0.25, 0.3) is 0 Å². The molecule has 2 fully saturated rings. The summed E-state index contributed by atoms with van der Waals surface area (Å²) in [5.41, 5.74) is 6.62. The minimum absolute atomic E-state index is 0. The van der Waals surface area contributed by atoms with Gasteiger partial charge < -0.3 is 10.6 Å². The molecular weight excluding hydrogens is 339 g/mol. The monoisotopic (exact) mass is 368 g/mol. The largest absolute Gasteiger partial charge is 0.328 e. The highest BCUT2D eigenvalue weighted by Crippen LogP contribution is 2.27. The Morgan fingerprint density at radius 1 is 1.04 bits per heavy atom. The van der Waals surface area contributed by atoms with Crippen LogP contribution in [0.5, 0.6) is 0 Å². The third-order valence-electron chi connectivity index (χ3n) is 5.83. The van der Waals surface area contributed by atoms with Crippen molar-refractivity contribution in [2.24, 2.45) is 17.6 Å². The summed E-state index contributed by atoms with van der Waals surface area (Å²) in [7, 11) is 0. The van der Waals surface area contributed by atoms with Gasteiger partial charge in [0.1, 0.15) is 5.82 Å². The average Bonchev–Trinajstić information content (AvgIpc) is 2.62. The van der Waals surface area contributed by atoms with Crippen LogP contribution in [0, 0.1) is 17.7 Å². The molecule has 25 heavy (non-hydrogen) atoms. The number of rotatable bonds is 5. The first-order valence-corrected chi connectivity index (χ1v) is 9.39. The second-order valence-electron chi connectivity index (χ2n) is 7.56. The summed E-state index contributed by atoms with van der Waals surface area (Å²) in [5, 5.41) is 0. The standard InChI is InChI=1S/C20H29FN2O.ClH/c21-18-5-3-16(4-6-18)20(24)17-10-13-23(14-11-17)12-9-15-1-7-19(22)8-2-15;/h3-6,15,17,19H,1-2,7-14,22H2;1H. The third kappa shape index (κ3) is 5.77. The summed E-state index contributed by atoms with van der Waals surface area (Å²) in [4.78, 5) is 15.0. The highest BCUT2D eigenvalue weighted by molar-refractivity contribution is 5.97. The van der Waals surface area contributed by atoms with Crippen molar-refractivity contribution < 1.29 is 9.18 Å². The average molecular weight is 369 g/mol. The molecular formula is C20H30ClFN2O. The lowest BCUT2D eigenvalue weighted by Crippen LogP contribution is -2.38. The van der Waals surface area contributed by atoms with Crippen molar-refractivity contribution in [2.45, 2.75) is 51.0 Å². The fraction of sp³-hybridized carbons (Fsp3) is 0.650. The number of likely N-dealkylation sites (tertiary alicyclic amines) is 1. The Morgan fingerprint density at radius 2 is 1.64 bits per heavy atom. The second kappa shape index (κ2) is 9.65. The zero-order chi connectivity index (χ0) is 16.9. The van der Waals surface area contributed by atoms with E-state index in [-0.39, 0.29) is 29.9 Å². The normalized spacial score (nSPS) is 25.4. The Kier molecular flexibility index (Phi) is 7.85. The van der Waals surface area contributed by atoms with Crippen LogP contribution < -0.4 is 5.73 Å². The summed E-state index contributed by atoms with van der Waals surface area (Å²) in [6, 6.07) is 6.39. The van der Waals surface area contributed by atoms with Crippen LogP contribution in [0.3, 0.4) is 0 Å². The van der Waals surface area contributed by atoms with Gasteiger partial charge in [0.25, 0.3) is 0 Å². The van der Waals surface area contributed by atoms with E-state index in [1.165, 1.54) is 44.2 Å². The molecule has 0 unspecified atom stereocenters. The van der Waals surface area contributed by atoms with Crippen molar-refractivity contribution in [1.82, 2.24) is 4.90 Å². The van der Waals surface area contributed by atoms with Crippen LogP contribution in [0.4, 0.5) is 4.39 Å². The summed E-state index contributed by atoms with van der Waals surface area (Å²) < 4.78 is 13.0. The maximum Gasteiger partial charge on any atom is 0.166 e. The van der Waals surface area contributed by atoms with Crippen molar-refractivity contribution in [3.8, 4) is 0 Å². The van der Waals surface area contributed by atoms with Gasteiger partial charge in [0.15, 0.2) is 5.78 Å². The highest BCUT2D eigenvalue weighted by Gasteiger charge is 2.26. The SMILES string of the molecule is Cl.NC1CCC(CCN2CCC(C(=O)c3ccc(F)cc3)CC2)CC1. The number of carbonyl (C=O) groups excluding carboxylic acids is 1. The number of benzene rings is 1.